The summed E-state index contributed by atoms with van der Waals surface area (Å²) >= 11 is 0. The number of esters is 1. The maximum Gasteiger partial charge on any atom is 0.347 e. The van der Waals surface area contributed by atoms with Gasteiger partial charge in [0.1, 0.15) is 11.5 Å². The Kier molecular flexibility index (Phi) is 3.16. The maximum atomic E-state index is 12.1. The minimum absolute atomic E-state index is 0.299. The summed E-state index contributed by atoms with van der Waals surface area (Å²) in [5, 5.41) is 10.5. The number of aromatic nitrogens is 1. The number of pyridine rings is 1. The number of fused-ring (bicyclic) bond motifs is 1. The largest absolute Gasteiger partial charge is 0.506 e. The van der Waals surface area contributed by atoms with Gasteiger partial charge in [0.25, 0.3) is 5.56 Å². The van der Waals surface area contributed by atoms with E-state index >= 15 is 0 Å². The molecule has 2 rings (SSSR count). The van der Waals surface area contributed by atoms with E-state index in [1.165, 1.54) is 18.7 Å². The Hall–Kier alpha value is -2.50. The second kappa shape index (κ2) is 4.64. The Balaban J connectivity index is 3.02. The van der Waals surface area contributed by atoms with Gasteiger partial charge >= 0.3 is 5.97 Å². The summed E-state index contributed by atoms with van der Waals surface area (Å²) in [7, 11) is 4.10. The van der Waals surface area contributed by atoms with Crippen molar-refractivity contribution in [2.45, 2.75) is 0 Å². The first-order chi connectivity index (χ1) is 9.02. The smallest absolute Gasteiger partial charge is 0.347 e. The van der Waals surface area contributed by atoms with Crippen LogP contribution in [0.15, 0.2) is 23.0 Å². The van der Waals surface area contributed by atoms with Crippen LogP contribution >= 0.6 is 0 Å². The number of benzene rings is 1. The second-order valence-electron chi connectivity index (χ2n) is 3.93. The third-order valence-electron chi connectivity index (χ3n) is 2.97. The van der Waals surface area contributed by atoms with Gasteiger partial charge in [-0.3, -0.25) is 4.79 Å². The molecule has 0 aliphatic carbocycles. The van der Waals surface area contributed by atoms with Gasteiger partial charge in [0, 0.05) is 7.05 Å². The lowest BCUT2D eigenvalue weighted by molar-refractivity contribution is 0.0595. The molecular formula is C13H13NO5. The van der Waals surface area contributed by atoms with Crippen LogP contribution in [-0.2, 0) is 11.8 Å². The predicted octanol–water partition coefficient (Wildman–Crippen LogP) is 1.04. The van der Waals surface area contributed by atoms with Crippen LogP contribution in [0.2, 0.25) is 0 Å². The Morgan fingerprint density at radius 1 is 1.32 bits per heavy atom. The van der Waals surface area contributed by atoms with Crippen molar-refractivity contribution in [3.8, 4) is 11.5 Å². The summed E-state index contributed by atoms with van der Waals surface area (Å²) in [6.07, 6.45) is 0. The summed E-state index contributed by atoms with van der Waals surface area (Å²) in [6.45, 7) is 0. The molecule has 6 heteroatoms. The molecule has 0 radical (unpaired) electrons. The highest BCUT2D eigenvalue weighted by Gasteiger charge is 2.23. The molecule has 0 saturated carbocycles. The SMILES string of the molecule is COC(=O)c1c(O)c2c(OC)cccc2n(C)c1=O. The number of aryl methyl sites for hydroxylation is 1. The zero-order chi connectivity index (χ0) is 14.2. The van der Waals surface area contributed by atoms with E-state index in [2.05, 4.69) is 4.74 Å². The Morgan fingerprint density at radius 3 is 2.58 bits per heavy atom. The van der Waals surface area contributed by atoms with Crippen LogP contribution in [0.1, 0.15) is 10.4 Å². The molecule has 6 nitrogen and oxygen atoms in total. The van der Waals surface area contributed by atoms with Gasteiger partial charge in [0.15, 0.2) is 5.56 Å². The van der Waals surface area contributed by atoms with E-state index in [0.717, 1.165) is 7.11 Å². The van der Waals surface area contributed by atoms with E-state index in [4.69, 9.17) is 4.74 Å². The molecule has 0 amide bonds. The average Bonchev–Trinajstić information content (AvgIpc) is 2.43. The maximum absolute atomic E-state index is 12.1. The Morgan fingerprint density at radius 2 is 2.00 bits per heavy atom. The number of aromatic hydroxyl groups is 1. The zero-order valence-corrected chi connectivity index (χ0v) is 10.8. The minimum atomic E-state index is -0.883. The number of carbonyl (C=O) groups is 1. The van der Waals surface area contributed by atoms with E-state index in [1.54, 1.807) is 18.2 Å². The Labute approximate surface area is 108 Å². The predicted molar refractivity (Wildman–Crippen MR) is 68.7 cm³/mol. The lowest BCUT2D eigenvalue weighted by Gasteiger charge is -2.13. The Bertz CT molecular complexity index is 717. The summed E-state index contributed by atoms with van der Waals surface area (Å²) < 4.78 is 10.9. The highest BCUT2D eigenvalue weighted by atomic mass is 16.5. The number of hydrogen-bond acceptors (Lipinski definition) is 5. The lowest BCUT2D eigenvalue weighted by Crippen LogP contribution is -2.25. The third kappa shape index (κ3) is 1.81. The first kappa shape index (κ1) is 12.9. The summed E-state index contributed by atoms with van der Waals surface area (Å²) in [5.74, 6) is -0.941. The minimum Gasteiger partial charge on any atom is -0.506 e. The van der Waals surface area contributed by atoms with Crippen LogP contribution in [0.4, 0.5) is 0 Å². The number of methoxy groups -OCH3 is 2. The van der Waals surface area contributed by atoms with Crippen molar-refractivity contribution >= 4 is 16.9 Å². The average molecular weight is 263 g/mol. The van der Waals surface area contributed by atoms with Gasteiger partial charge < -0.3 is 19.1 Å². The summed E-state index contributed by atoms with van der Waals surface area (Å²) in [6, 6.07) is 4.98. The second-order valence-corrected chi connectivity index (χ2v) is 3.93. The van der Waals surface area contributed by atoms with Gasteiger partial charge in [-0.25, -0.2) is 4.79 Å². The first-order valence-electron chi connectivity index (χ1n) is 5.50. The number of rotatable bonds is 2. The molecule has 0 saturated heterocycles. The van der Waals surface area contributed by atoms with Crippen LogP contribution in [0.3, 0.4) is 0 Å². The highest BCUT2D eigenvalue weighted by Crippen LogP contribution is 2.34. The number of hydrogen-bond donors (Lipinski definition) is 1. The molecular weight excluding hydrogens is 250 g/mol. The van der Waals surface area contributed by atoms with E-state index in [-0.39, 0.29) is 0 Å². The molecule has 1 N–H and O–H groups in total. The van der Waals surface area contributed by atoms with Gasteiger partial charge in [-0.15, -0.1) is 0 Å². The topological polar surface area (TPSA) is 77.8 Å². The van der Waals surface area contributed by atoms with Crippen molar-refractivity contribution in [2.75, 3.05) is 14.2 Å². The molecule has 19 heavy (non-hydrogen) atoms. The summed E-state index contributed by atoms with van der Waals surface area (Å²) in [4.78, 5) is 23.7. The molecule has 100 valence electrons. The quantitative estimate of drug-likeness (QED) is 0.819. The molecule has 0 fully saturated rings. The van der Waals surface area contributed by atoms with Gasteiger partial charge in [0.2, 0.25) is 0 Å². The van der Waals surface area contributed by atoms with Crippen molar-refractivity contribution < 1.29 is 19.4 Å². The molecule has 1 heterocycles. The molecule has 0 aliphatic heterocycles. The van der Waals surface area contributed by atoms with Crippen LogP contribution < -0.4 is 10.3 Å². The summed E-state index contributed by atoms with van der Waals surface area (Å²) in [5.41, 5.74) is -0.554. The van der Waals surface area contributed by atoms with Crippen LogP contribution in [0.25, 0.3) is 10.9 Å². The standard InChI is InChI=1S/C13H13NO5/c1-14-7-5-4-6-8(18-2)9(7)11(15)10(12(14)16)13(17)19-3/h4-6,15H,1-3H3. The number of ether oxygens (including phenoxy) is 2. The highest BCUT2D eigenvalue weighted by molar-refractivity contribution is 6.01. The molecule has 0 unspecified atom stereocenters. The van der Waals surface area contributed by atoms with Crippen molar-refractivity contribution in [3.05, 3.63) is 34.1 Å². The van der Waals surface area contributed by atoms with Crippen LogP contribution in [-0.4, -0.2) is 29.9 Å². The van der Waals surface area contributed by atoms with Crippen molar-refractivity contribution in [1.82, 2.24) is 4.57 Å². The van der Waals surface area contributed by atoms with Gasteiger partial charge in [-0.2, -0.15) is 0 Å². The fourth-order valence-electron chi connectivity index (χ4n) is 2.00. The fraction of sp³-hybridized carbons (Fsp3) is 0.231. The van der Waals surface area contributed by atoms with Crippen molar-refractivity contribution in [3.63, 3.8) is 0 Å². The van der Waals surface area contributed by atoms with E-state index in [0.29, 0.717) is 16.7 Å². The first-order valence-corrected chi connectivity index (χ1v) is 5.50. The normalized spacial score (nSPS) is 10.5. The van der Waals surface area contributed by atoms with E-state index in [9.17, 15) is 14.7 Å². The molecule has 0 bridgehead atoms. The molecule has 0 aliphatic rings. The number of nitrogens with zero attached hydrogens (tertiary/aromatic N) is 1. The van der Waals surface area contributed by atoms with Crippen molar-refractivity contribution in [1.29, 1.82) is 0 Å². The van der Waals surface area contributed by atoms with E-state index < -0.39 is 22.8 Å². The molecule has 2 aromatic rings. The molecule has 1 aromatic heterocycles. The molecule has 0 spiro atoms. The monoisotopic (exact) mass is 263 g/mol. The van der Waals surface area contributed by atoms with Crippen LogP contribution in [0, 0.1) is 0 Å². The van der Waals surface area contributed by atoms with Crippen LogP contribution in [0.5, 0.6) is 11.5 Å². The van der Waals surface area contributed by atoms with Gasteiger partial charge in [-0.1, -0.05) is 6.07 Å². The van der Waals surface area contributed by atoms with Crippen molar-refractivity contribution in [2.24, 2.45) is 7.05 Å². The third-order valence-corrected chi connectivity index (χ3v) is 2.97. The lowest BCUT2D eigenvalue weighted by atomic mass is 10.1. The fourth-order valence-corrected chi connectivity index (χ4v) is 2.00. The molecule has 1 aromatic carbocycles. The van der Waals surface area contributed by atoms with Gasteiger partial charge in [-0.05, 0) is 12.1 Å². The van der Waals surface area contributed by atoms with Gasteiger partial charge in [0.05, 0.1) is 25.1 Å². The van der Waals surface area contributed by atoms with E-state index in [1.807, 2.05) is 0 Å². The number of carbonyl (C=O) groups excluding carboxylic acids is 1. The molecule has 0 atom stereocenters. The zero-order valence-electron chi connectivity index (χ0n) is 10.8.